The van der Waals surface area contributed by atoms with Gasteiger partial charge in [-0.15, -0.1) is 0 Å². The van der Waals surface area contributed by atoms with E-state index in [4.69, 9.17) is 0 Å². The summed E-state index contributed by atoms with van der Waals surface area (Å²) in [5.41, 5.74) is 2.58. The van der Waals surface area contributed by atoms with Crippen molar-refractivity contribution in [2.24, 2.45) is 20.0 Å². The van der Waals surface area contributed by atoms with Gasteiger partial charge in [0.2, 0.25) is 0 Å². The minimum absolute atomic E-state index is 0.207. The van der Waals surface area contributed by atoms with Crippen LogP contribution in [0.25, 0.3) is 0 Å². The summed E-state index contributed by atoms with van der Waals surface area (Å²) in [4.78, 5) is 29.1. The van der Waals surface area contributed by atoms with E-state index < -0.39 is 0 Å². The molecule has 1 aliphatic heterocycles. The summed E-state index contributed by atoms with van der Waals surface area (Å²) < 4.78 is 2.66. The number of para-hydroxylation sites is 2. The zero-order valence-electron chi connectivity index (χ0n) is 14.8. The third kappa shape index (κ3) is 2.97. The van der Waals surface area contributed by atoms with Crippen molar-refractivity contribution in [3.8, 4) is 0 Å². The number of aromatic nitrogens is 2. The molecule has 1 saturated carbocycles. The third-order valence-electron chi connectivity index (χ3n) is 5.26. The quantitative estimate of drug-likeness (QED) is 0.842. The number of anilines is 2. The Morgan fingerprint density at radius 2 is 1.64 bits per heavy atom. The fourth-order valence-electron chi connectivity index (χ4n) is 3.64. The Bertz CT molecular complexity index is 910. The second kappa shape index (κ2) is 6.10. The maximum atomic E-state index is 12.5. The molecule has 25 heavy (non-hydrogen) atoms. The summed E-state index contributed by atoms with van der Waals surface area (Å²) in [5, 5.41) is 0. The van der Waals surface area contributed by atoms with Crippen LogP contribution < -0.4 is 21.0 Å². The predicted octanol–water partition coefficient (Wildman–Crippen LogP) is 1.32. The first kappa shape index (κ1) is 16.0. The highest BCUT2D eigenvalue weighted by molar-refractivity contribution is 5.73. The molecule has 6 heteroatoms. The molecule has 1 fully saturated rings. The van der Waals surface area contributed by atoms with Crippen LogP contribution in [0, 0.1) is 5.92 Å². The van der Waals surface area contributed by atoms with Gasteiger partial charge in [0.1, 0.15) is 0 Å². The van der Waals surface area contributed by atoms with Crippen molar-refractivity contribution in [1.82, 2.24) is 9.13 Å². The van der Waals surface area contributed by atoms with Crippen LogP contribution in [-0.4, -0.2) is 28.8 Å². The zero-order valence-corrected chi connectivity index (χ0v) is 14.8. The van der Waals surface area contributed by atoms with Gasteiger partial charge >= 0.3 is 5.69 Å². The van der Waals surface area contributed by atoms with E-state index in [2.05, 4.69) is 28.0 Å². The van der Waals surface area contributed by atoms with Crippen molar-refractivity contribution in [2.45, 2.75) is 19.4 Å². The van der Waals surface area contributed by atoms with Gasteiger partial charge in [-0.05, 0) is 30.9 Å². The molecule has 0 atom stereocenters. The van der Waals surface area contributed by atoms with Gasteiger partial charge in [-0.3, -0.25) is 9.36 Å². The normalized spacial score (nSPS) is 16.9. The van der Waals surface area contributed by atoms with Crippen LogP contribution in [0.1, 0.15) is 18.4 Å². The molecule has 4 rings (SSSR count). The number of hydrogen-bond acceptors (Lipinski definition) is 4. The maximum Gasteiger partial charge on any atom is 0.330 e. The number of aryl methyl sites for hydroxylation is 1. The predicted molar refractivity (Wildman–Crippen MR) is 99.4 cm³/mol. The van der Waals surface area contributed by atoms with Gasteiger partial charge in [0, 0.05) is 46.5 Å². The summed E-state index contributed by atoms with van der Waals surface area (Å²) in [6.45, 7) is 3.51. The average molecular weight is 340 g/mol. The summed E-state index contributed by atoms with van der Waals surface area (Å²) in [6, 6.07) is 8.42. The standard InChI is InChI=1S/C19H24N4O2/c1-20-12-15(18(24)21(2)19(20)25)13-23-10-9-22(11-14-7-8-14)16-5-3-4-6-17(16)23/h3-6,12,14H,7-11,13H2,1-2H3. The van der Waals surface area contributed by atoms with Crippen molar-refractivity contribution in [3.05, 3.63) is 56.9 Å². The van der Waals surface area contributed by atoms with E-state index in [1.807, 2.05) is 6.07 Å². The summed E-state index contributed by atoms with van der Waals surface area (Å²) in [5.74, 6) is 0.843. The van der Waals surface area contributed by atoms with Gasteiger partial charge in [-0.1, -0.05) is 12.1 Å². The number of rotatable bonds is 4. The van der Waals surface area contributed by atoms with Crippen molar-refractivity contribution in [1.29, 1.82) is 0 Å². The molecular formula is C19H24N4O2. The van der Waals surface area contributed by atoms with Gasteiger partial charge in [0.05, 0.1) is 16.9 Å². The van der Waals surface area contributed by atoms with E-state index in [1.165, 1.54) is 40.4 Å². The summed E-state index contributed by atoms with van der Waals surface area (Å²) >= 11 is 0. The second-order valence-electron chi connectivity index (χ2n) is 7.21. The molecule has 6 nitrogen and oxygen atoms in total. The molecule has 0 unspecified atom stereocenters. The lowest BCUT2D eigenvalue weighted by molar-refractivity contribution is 0.638. The number of nitrogens with zero attached hydrogens (tertiary/aromatic N) is 4. The SMILES string of the molecule is Cn1cc(CN2CCN(CC3CC3)c3ccccc32)c(=O)n(C)c1=O. The smallest absolute Gasteiger partial charge is 0.330 e. The molecule has 2 aromatic rings. The highest BCUT2D eigenvalue weighted by Gasteiger charge is 2.29. The molecule has 0 spiro atoms. The lowest BCUT2D eigenvalue weighted by Gasteiger charge is -2.39. The van der Waals surface area contributed by atoms with Crippen LogP contribution in [0.5, 0.6) is 0 Å². The van der Waals surface area contributed by atoms with Crippen molar-refractivity contribution >= 4 is 11.4 Å². The molecular weight excluding hydrogens is 316 g/mol. The Morgan fingerprint density at radius 3 is 2.32 bits per heavy atom. The molecule has 1 aromatic carbocycles. The van der Waals surface area contributed by atoms with Gasteiger partial charge in [0.15, 0.2) is 0 Å². The first-order chi connectivity index (χ1) is 12.0. The zero-order chi connectivity index (χ0) is 17.6. The average Bonchev–Trinajstić information content (AvgIpc) is 3.44. The Balaban J connectivity index is 1.65. The summed E-state index contributed by atoms with van der Waals surface area (Å²) in [7, 11) is 3.22. The van der Waals surface area contributed by atoms with Crippen LogP contribution >= 0.6 is 0 Å². The molecule has 1 aliphatic carbocycles. The molecule has 0 N–H and O–H groups in total. The molecule has 0 radical (unpaired) electrons. The third-order valence-corrected chi connectivity index (χ3v) is 5.26. The molecule has 0 bridgehead atoms. The van der Waals surface area contributed by atoms with E-state index in [0.717, 1.165) is 25.6 Å². The van der Waals surface area contributed by atoms with Gasteiger partial charge < -0.3 is 14.4 Å². The molecule has 132 valence electrons. The molecule has 0 saturated heterocycles. The Labute approximate surface area is 146 Å². The van der Waals surface area contributed by atoms with E-state index in [9.17, 15) is 9.59 Å². The summed E-state index contributed by atoms with van der Waals surface area (Å²) in [6.07, 6.45) is 4.36. The van der Waals surface area contributed by atoms with Crippen molar-refractivity contribution in [2.75, 3.05) is 29.4 Å². The minimum atomic E-state index is -0.289. The number of hydrogen-bond donors (Lipinski definition) is 0. The molecule has 2 heterocycles. The Kier molecular flexibility index (Phi) is 3.90. The van der Waals surface area contributed by atoms with Crippen molar-refractivity contribution < 1.29 is 0 Å². The van der Waals surface area contributed by atoms with E-state index >= 15 is 0 Å². The van der Waals surface area contributed by atoms with Crippen LogP contribution in [-0.2, 0) is 20.6 Å². The minimum Gasteiger partial charge on any atom is -0.368 e. The van der Waals surface area contributed by atoms with Gasteiger partial charge in [-0.2, -0.15) is 0 Å². The Morgan fingerprint density at radius 1 is 1.00 bits per heavy atom. The van der Waals surface area contributed by atoms with Gasteiger partial charge in [-0.25, -0.2) is 4.79 Å². The van der Waals surface area contributed by atoms with Crippen LogP contribution in [0.3, 0.4) is 0 Å². The molecule has 2 aliphatic rings. The lowest BCUT2D eigenvalue weighted by Crippen LogP contribution is -2.44. The first-order valence-electron chi connectivity index (χ1n) is 8.89. The molecule has 1 aromatic heterocycles. The highest BCUT2D eigenvalue weighted by atomic mass is 16.2. The lowest BCUT2D eigenvalue weighted by atomic mass is 10.1. The van der Waals surface area contributed by atoms with E-state index in [1.54, 1.807) is 13.2 Å². The van der Waals surface area contributed by atoms with E-state index in [-0.39, 0.29) is 11.2 Å². The topological polar surface area (TPSA) is 50.5 Å². The van der Waals surface area contributed by atoms with Crippen LogP contribution in [0.4, 0.5) is 11.4 Å². The first-order valence-corrected chi connectivity index (χ1v) is 8.89. The molecule has 0 amide bonds. The Hall–Kier alpha value is -2.50. The number of fused-ring (bicyclic) bond motifs is 1. The largest absolute Gasteiger partial charge is 0.368 e. The second-order valence-corrected chi connectivity index (χ2v) is 7.21. The number of benzene rings is 1. The van der Waals surface area contributed by atoms with E-state index in [0.29, 0.717) is 12.1 Å². The van der Waals surface area contributed by atoms with Gasteiger partial charge in [0.25, 0.3) is 5.56 Å². The van der Waals surface area contributed by atoms with Crippen LogP contribution in [0.15, 0.2) is 40.1 Å². The highest BCUT2D eigenvalue weighted by Crippen LogP contribution is 2.37. The maximum absolute atomic E-state index is 12.5. The van der Waals surface area contributed by atoms with Crippen LogP contribution in [0.2, 0.25) is 0 Å². The monoisotopic (exact) mass is 340 g/mol. The fourth-order valence-corrected chi connectivity index (χ4v) is 3.64. The van der Waals surface area contributed by atoms with Crippen molar-refractivity contribution in [3.63, 3.8) is 0 Å². The fraction of sp³-hybridized carbons (Fsp3) is 0.474.